The van der Waals surface area contributed by atoms with E-state index in [-0.39, 0.29) is 65.3 Å². The van der Waals surface area contributed by atoms with E-state index in [2.05, 4.69) is 34.6 Å². The van der Waals surface area contributed by atoms with Crippen LogP contribution in [0.3, 0.4) is 0 Å². The minimum absolute atomic E-state index is 0.0279. The highest BCUT2D eigenvalue weighted by molar-refractivity contribution is 5.20. The molecule has 4 saturated carbocycles. The summed E-state index contributed by atoms with van der Waals surface area (Å²) >= 11 is 0. The van der Waals surface area contributed by atoms with Crippen LogP contribution >= 0.6 is 0 Å². The Hall–Kier alpha value is -0.780. The zero-order valence-corrected chi connectivity index (χ0v) is 33.4. The fourth-order valence-corrected chi connectivity index (χ4v) is 13.0. The lowest BCUT2D eigenvalue weighted by molar-refractivity contribution is -0.345. The van der Waals surface area contributed by atoms with Gasteiger partial charge in [0.2, 0.25) is 0 Å². The Morgan fingerprint density at radius 1 is 0.778 bits per heavy atom. The highest BCUT2D eigenvalue weighted by Crippen LogP contribution is 2.76. The van der Waals surface area contributed by atoms with Crippen LogP contribution in [0.4, 0.5) is 0 Å². The topological polar surface area (TPSA) is 219 Å². The van der Waals surface area contributed by atoms with E-state index in [1.54, 1.807) is 0 Å². The van der Waals surface area contributed by atoms with E-state index in [0.29, 0.717) is 25.2 Å². The average Bonchev–Trinajstić information content (AvgIpc) is 3.51. The van der Waals surface area contributed by atoms with Crippen molar-refractivity contribution in [2.75, 3.05) is 19.8 Å². The van der Waals surface area contributed by atoms with Gasteiger partial charge in [0.25, 0.3) is 0 Å². The molecule has 0 bridgehead atoms. The van der Waals surface area contributed by atoms with Crippen LogP contribution in [0, 0.1) is 45.3 Å². The largest absolute Gasteiger partial charge is 0.393 e. The molecule has 6 fully saturated rings. The van der Waals surface area contributed by atoms with Crippen molar-refractivity contribution in [2.24, 2.45) is 45.3 Å². The van der Waals surface area contributed by atoms with E-state index in [4.69, 9.17) is 18.9 Å². The summed E-state index contributed by atoms with van der Waals surface area (Å²) in [5.41, 5.74) is -0.744. The van der Waals surface area contributed by atoms with Gasteiger partial charge in [-0.15, -0.1) is 0 Å². The van der Waals surface area contributed by atoms with Gasteiger partial charge in [-0.3, -0.25) is 0 Å². The molecule has 0 unspecified atom stereocenters. The lowest BCUT2D eigenvalue weighted by atomic mass is 9.35. The molecule has 2 saturated heterocycles. The Bertz CT molecular complexity index is 1350. The molecule has 0 aromatic rings. The zero-order chi connectivity index (χ0) is 39.8. The Morgan fingerprint density at radius 3 is 2.13 bits per heavy atom. The number of aliphatic hydroxyl groups is 9. The predicted octanol–water partition coefficient (Wildman–Crippen LogP) is 1.76. The van der Waals surface area contributed by atoms with Gasteiger partial charge in [0.15, 0.2) is 12.6 Å². The van der Waals surface area contributed by atoms with E-state index < -0.39 is 67.0 Å². The summed E-state index contributed by atoms with van der Waals surface area (Å²) < 4.78 is 24.0. The maximum Gasteiger partial charge on any atom is 0.187 e. The molecule has 0 aromatic heterocycles. The summed E-state index contributed by atoms with van der Waals surface area (Å²) in [7, 11) is 0. The van der Waals surface area contributed by atoms with Gasteiger partial charge in [0.1, 0.15) is 42.7 Å². The number of ether oxygens (including phenoxy) is 4. The first kappa shape index (κ1) is 42.8. The molecule has 312 valence electrons. The minimum Gasteiger partial charge on any atom is -0.393 e. The quantitative estimate of drug-likeness (QED) is 0.145. The molecular weight excluding hydrogens is 700 g/mol. The van der Waals surface area contributed by atoms with Gasteiger partial charge in [-0.1, -0.05) is 46.3 Å². The van der Waals surface area contributed by atoms with Crippen molar-refractivity contribution in [3.8, 4) is 0 Å². The van der Waals surface area contributed by atoms with E-state index >= 15 is 0 Å². The summed E-state index contributed by atoms with van der Waals surface area (Å²) in [6.07, 6.45) is -5.15. The van der Waals surface area contributed by atoms with Crippen LogP contribution in [0.15, 0.2) is 11.6 Å². The fourth-order valence-electron chi connectivity index (χ4n) is 13.0. The average molecular weight is 771 g/mol. The van der Waals surface area contributed by atoms with Crippen molar-refractivity contribution < 1.29 is 64.9 Å². The molecule has 4 aliphatic carbocycles. The highest BCUT2D eigenvalue weighted by Gasteiger charge is 2.71. The monoisotopic (exact) mass is 770 g/mol. The molecule has 2 heterocycles. The Morgan fingerprint density at radius 2 is 1.44 bits per heavy atom. The van der Waals surface area contributed by atoms with E-state index in [9.17, 15) is 46.0 Å². The van der Waals surface area contributed by atoms with Crippen LogP contribution in [0.25, 0.3) is 0 Å². The van der Waals surface area contributed by atoms with Crippen LogP contribution in [0.2, 0.25) is 0 Å². The Balaban J connectivity index is 1.27. The van der Waals surface area contributed by atoms with Crippen molar-refractivity contribution in [3.63, 3.8) is 0 Å². The molecule has 9 N–H and O–H groups in total. The van der Waals surface area contributed by atoms with E-state index in [1.807, 2.05) is 19.9 Å². The van der Waals surface area contributed by atoms with Crippen molar-refractivity contribution in [1.29, 1.82) is 0 Å². The third kappa shape index (κ3) is 6.96. The molecule has 13 nitrogen and oxygen atoms in total. The summed E-state index contributed by atoms with van der Waals surface area (Å²) in [4.78, 5) is 0. The number of aliphatic hydroxyl groups excluding tert-OH is 9. The molecule has 6 rings (SSSR count). The van der Waals surface area contributed by atoms with Gasteiger partial charge < -0.3 is 64.9 Å². The highest BCUT2D eigenvalue weighted by atomic mass is 16.7. The van der Waals surface area contributed by atoms with Gasteiger partial charge in [0.05, 0.1) is 37.6 Å². The first-order valence-electron chi connectivity index (χ1n) is 20.4. The van der Waals surface area contributed by atoms with Crippen molar-refractivity contribution >= 4 is 0 Å². The van der Waals surface area contributed by atoms with Crippen molar-refractivity contribution in [2.45, 2.75) is 179 Å². The van der Waals surface area contributed by atoms with Crippen LogP contribution in [0.5, 0.6) is 0 Å². The molecule has 19 atom stereocenters. The van der Waals surface area contributed by atoms with Crippen LogP contribution < -0.4 is 0 Å². The molecule has 54 heavy (non-hydrogen) atoms. The first-order valence-corrected chi connectivity index (χ1v) is 20.4. The molecule has 0 spiro atoms. The third-order valence-electron chi connectivity index (χ3n) is 16.5. The fraction of sp³-hybridized carbons (Fsp3) is 0.951. The summed E-state index contributed by atoms with van der Waals surface area (Å²) in [5.74, 6) is 0.307. The van der Waals surface area contributed by atoms with Gasteiger partial charge in [-0.25, -0.2) is 0 Å². The van der Waals surface area contributed by atoms with Crippen molar-refractivity contribution in [3.05, 3.63) is 11.6 Å². The number of allylic oxidation sites excluding steroid dienone is 1. The molecule has 6 aliphatic rings. The van der Waals surface area contributed by atoms with Crippen LogP contribution in [-0.4, -0.2) is 139 Å². The second-order valence-corrected chi connectivity index (χ2v) is 19.6. The molecule has 0 radical (unpaired) electrons. The van der Waals surface area contributed by atoms with Gasteiger partial charge in [-0.05, 0) is 117 Å². The van der Waals surface area contributed by atoms with Crippen molar-refractivity contribution in [1.82, 2.24) is 0 Å². The normalized spacial score (nSPS) is 51.9. The predicted molar refractivity (Wildman–Crippen MR) is 196 cm³/mol. The Labute approximate surface area is 320 Å². The number of hydrogen-bond donors (Lipinski definition) is 9. The third-order valence-corrected chi connectivity index (χ3v) is 16.5. The maximum absolute atomic E-state index is 12.4. The molecule has 2 aliphatic heterocycles. The lowest BCUT2D eigenvalue weighted by Gasteiger charge is -2.70. The first-order chi connectivity index (χ1) is 25.2. The summed E-state index contributed by atoms with van der Waals surface area (Å²) in [6.45, 7) is 14.7. The minimum atomic E-state index is -1.66. The van der Waals surface area contributed by atoms with E-state index in [0.717, 1.165) is 44.1 Å². The summed E-state index contributed by atoms with van der Waals surface area (Å²) in [5, 5.41) is 96.8. The smallest absolute Gasteiger partial charge is 0.187 e. The zero-order valence-electron chi connectivity index (χ0n) is 33.4. The Kier molecular flexibility index (Phi) is 12.2. The van der Waals surface area contributed by atoms with Gasteiger partial charge in [-0.2, -0.15) is 0 Å². The van der Waals surface area contributed by atoms with Gasteiger partial charge in [0, 0.05) is 0 Å². The van der Waals surface area contributed by atoms with Crippen LogP contribution in [-0.2, 0) is 18.9 Å². The lowest BCUT2D eigenvalue weighted by Crippen LogP contribution is -2.67. The molecule has 13 heteroatoms. The summed E-state index contributed by atoms with van der Waals surface area (Å²) in [6, 6.07) is 0. The molecule has 0 aromatic carbocycles. The number of fused-ring (bicyclic) bond motifs is 5. The molecule has 0 amide bonds. The van der Waals surface area contributed by atoms with E-state index in [1.165, 1.54) is 0 Å². The van der Waals surface area contributed by atoms with Gasteiger partial charge >= 0.3 is 0 Å². The number of hydrogen-bond acceptors (Lipinski definition) is 13. The second kappa shape index (κ2) is 15.4. The second-order valence-electron chi connectivity index (χ2n) is 19.6. The molecular formula is C41H70O13. The number of rotatable bonds is 10. The maximum atomic E-state index is 12.4. The van der Waals surface area contributed by atoms with Crippen LogP contribution in [0.1, 0.15) is 106 Å². The SMILES string of the molecule is C/C(=C\CC[C@](C)(O[C@@H]1O[C@H](CO[C@@H]2OC[C@@H](O)[C@H](O)[C@H]2O)[C@@H](O)[C@H](O)[C@H]1O)[C@H]1CC[C@]2(C)[C@@H]1[C@H](O)C[C@@H]1[C@@]3(C)CC[C@H](O)C(C)(C)[C@@H]3CC[C@]12C)CO. The standard InChI is InChI=1S/C41H70O13/c1-21(18-42)9-8-13-41(7,54-36-34(50)32(48)31(47)25(53-36)20-52-35-33(49)30(46)24(44)19-51-35)22-10-15-40(6)29(22)23(43)17-27-38(4)14-12-28(45)37(2,3)26(38)11-16-39(27,40)5/h9,22-36,42-50H,8,10-20H2,1-7H3/b21-9+/t22-,23+,24+,25+,26-,27+,28-,29-,30-,31+,32-,33+,34+,35-,36-,38-,39+,40+,41-/m0/s1.